The number of aryl methyl sites for hydroxylation is 1. The Morgan fingerprint density at radius 1 is 0.944 bits per heavy atom. The molecule has 0 radical (unpaired) electrons. The Kier molecular flexibility index (Phi) is 10.4. The molecule has 2 aliphatic heterocycles. The minimum absolute atomic E-state index is 0.00159. The van der Waals surface area contributed by atoms with Gasteiger partial charge >= 0.3 is 0 Å². The van der Waals surface area contributed by atoms with Crippen molar-refractivity contribution in [3.8, 4) is 5.75 Å². The molecule has 6 rings (SSSR count). The van der Waals surface area contributed by atoms with Gasteiger partial charge in [0.25, 0.3) is 0 Å². The van der Waals surface area contributed by atoms with Crippen LogP contribution in [0.4, 0.5) is 0 Å². The van der Waals surface area contributed by atoms with E-state index in [0.29, 0.717) is 11.1 Å². The van der Waals surface area contributed by atoms with Gasteiger partial charge in [-0.05, 0) is 106 Å². The Morgan fingerprint density at radius 3 is 2.20 bits per heavy atom. The van der Waals surface area contributed by atoms with E-state index in [4.69, 9.17) is 13.9 Å². The normalized spacial score (nSPS) is 30.6. The molecule has 292 valence electrons. The number of nitrogens with zero attached hydrogens (tertiary/aromatic N) is 2. The summed E-state index contributed by atoms with van der Waals surface area (Å²) in [5.74, 6) is -2.24. The molecule has 13 nitrogen and oxygen atoms in total. The summed E-state index contributed by atoms with van der Waals surface area (Å²) in [5.41, 5.74) is -3.64. The number of allylic oxidation sites excluding steroid dienone is 1. The fraction of sp³-hybridized carbons (Fsp3) is 0.537. The second-order valence-electron chi connectivity index (χ2n) is 16.0. The highest BCUT2D eigenvalue weighted by Gasteiger charge is 2.49. The summed E-state index contributed by atoms with van der Waals surface area (Å²) < 4.78 is 18.9. The van der Waals surface area contributed by atoms with Crippen LogP contribution in [0.5, 0.6) is 5.75 Å². The molecule has 3 aromatic rings. The number of ether oxygens (including phenoxy) is 2. The fourth-order valence-electron chi connectivity index (χ4n) is 8.43. The first-order valence-corrected chi connectivity index (χ1v) is 18.3. The van der Waals surface area contributed by atoms with Gasteiger partial charge in [0.15, 0.2) is 11.2 Å². The fourth-order valence-corrected chi connectivity index (χ4v) is 8.43. The molecule has 2 fully saturated rings. The van der Waals surface area contributed by atoms with E-state index in [1.807, 2.05) is 44.9 Å². The van der Waals surface area contributed by atoms with Crippen molar-refractivity contribution in [2.75, 3.05) is 28.2 Å². The number of benzene rings is 2. The molecule has 3 heterocycles. The van der Waals surface area contributed by atoms with Gasteiger partial charge in [0.05, 0.1) is 53.1 Å². The Bertz CT molecular complexity index is 2100. The first-order chi connectivity index (χ1) is 25.2. The average molecular weight is 749 g/mol. The van der Waals surface area contributed by atoms with E-state index in [1.165, 1.54) is 25.1 Å². The lowest BCUT2D eigenvalue weighted by molar-refractivity contribution is -0.176. The number of likely N-dealkylation sites (N-methyl/N-ethyl adjacent to an activating group) is 2. The SMILES string of the molecule is C/C=C/C(O)C(C)(O)c1cc(=O)c2c(C)cc3c(c2o1)C(=O)c1c(O)c([C@H]2C[C@](C)(N(C)C)[C@H](O)[C@H](C)O2)cc([C@H]2C[C@H](N(C)C)[C@H](O)[C@@H](C)O2)c1C3=O. The second kappa shape index (κ2) is 14.1. The van der Waals surface area contributed by atoms with Crippen molar-refractivity contribution >= 4 is 22.5 Å². The van der Waals surface area contributed by atoms with Crippen LogP contribution in [0.3, 0.4) is 0 Å². The summed E-state index contributed by atoms with van der Waals surface area (Å²) in [7, 11) is 7.34. The first-order valence-electron chi connectivity index (χ1n) is 18.3. The summed E-state index contributed by atoms with van der Waals surface area (Å²) in [6.45, 7) is 9.87. The maximum atomic E-state index is 15.0. The third-order valence-electron chi connectivity index (χ3n) is 12.1. The number of aliphatic hydroxyl groups excluding tert-OH is 3. The number of fused-ring (bicyclic) bond motifs is 4. The molecule has 1 aliphatic carbocycles. The van der Waals surface area contributed by atoms with Crippen molar-refractivity contribution < 1.29 is 49.0 Å². The summed E-state index contributed by atoms with van der Waals surface area (Å²) >= 11 is 0. The van der Waals surface area contributed by atoms with Gasteiger partial charge in [-0.2, -0.15) is 0 Å². The number of aliphatic hydroxyl groups is 4. The molecule has 0 amide bonds. The van der Waals surface area contributed by atoms with Crippen LogP contribution < -0.4 is 5.43 Å². The van der Waals surface area contributed by atoms with Crippen LogP contribution in [0.25, 0.3) is 11.0 Å². The molecule has 13 heteroatoms. The van der Waals surface area contributed by atoms with Gasteiger partial charge in [-0.1, -0.05) is 12.2 Å². The Morgan fingerprint density at radius 2 is 1.59 bits per heavy atom. The lowest BCUT2D eigenvalue weighted by Gasteiger charge is -2.49. The van der Waals surface area contributed by atoms with Crippen molar-refractivity contribution in [2.45, 2.75) is 114 Å². The molecule has 3 aliphatic rings. The van der Waals surface area contributed by atoms with Crippen molar-refractivity contribution in [3.63, 3.8) is 0 Å². The van der Waals surface area contributed by atoms with Crippen molar-refractivity contribution in [3.05, 3.63) is 85.3 Å². The van der Waals surface area contributed by atoms with Crippen LogP contribution in [0.1, 0.15) is 114 Å². The summed E-state index contributed by atoms with van der Waals surface area (Å²) in [6, 6.07) is 3.77. The zero-order valence-corrected chi connectivity index (χ0v) is 32.5. The molecule has 54 heavy (non-hydrogen) atoms. The highest BCUT2D eigenvalue weighted by molar-refractivity contribution is 6.33. The van der Waals surface area contributed by atoms with Crippen LogP contribution in [0, 0.1) is 6.92 Å². The molecular weight excluding hydrogens is 696 g/mol. The third kappa shape index (κ3) is 6.15. The topological polar surface area (TPSA) is 190 Å². The summed E-state index contributed by atoms with van der Waals surface area (Å²) in [6.07, 6.45) is -2.90. The van der Waals surface area contributed by atoms with Gasteiger partial charge in [0.2, 0.25) is 5.78 Å². The van der Waals surface area contributed by atoms with Gasteiger partial charge in [0.1, 0.15) is 28.8 Å². The highest BCUT2D eigenvalue weighted by atomic mass is 16.5. The van der Waals surface area contributed by atoms with E-state index >= 15 is 4.79 Å². The highest BCUT2D eigenvalue weighted by Crippen LogP contribution is 2.49. The van der Waals surface area contributed by atoms with Gasteiger partial charge in [-0.25, -0.2) is 0 Å². The van der Waals surface area contributed by atoms with Crippen molar-refractivity contribution in [1.82, 2.24) is 9.80 Å². The molecule has 2 aromatic carbocycles. The van der Waals surface area contributed by atoms with E-state index in [-0.39, 0.29) is 63.4 Å². The van der Waals surface area contributed by atoms with E-state index in [2.05, 4.69) is 0 Å². The monoisotopic (exact) mass is 748 g/mol. The molecule has 2 unspecified atom stereocenters. The number of ketones is 2. The Hall–Kier alpha value is -3.79. The molecule has 10 atom stereocenters. The number of hydrogen-bond acceptors (Lipinski definition) is 13. The molecular formula is C41H52N2O11. The Labute approximate surface area is 314 Å². The smallest absolute Gasteiger partial charge is 0.202 e. The molecule has 0 spiro atoms. The molecule has 0 saturated carbocycles. The zero-order valence-electron chi connectivity index (χ0n) is 32.5. The lowest BCUT2D eigenvalue weighted by atomic mass is 9.74. The largest absolute Gasteiger partial charge is 0.507 e. The first kappa shape index (κ1) is 39.9. The predicted octanol–water partition coefficient (Wildman–Crippen LogP) is 3.40. The number of phenolic OH excluding ortho intramolecular Hbond substituents is 1. The van der Waals surface area contributed by atoms with Crippen LogP contribution >= 0.6 is 0 Å². The van der Waals surface area contributed by atoms with Crippen molar-refractivity contribution in [1.29, 1.82) is 0 Å². The minimum Gasteiger partial charge on any atom is -0.507 e. The molecule has 0 bridgehead atoms. The van der Waals surface area contributed by atoms with Crippen LogP contribution in [0.15, 0.2) is 39.6 Å². The number of aromatic hydroxyl groups is 1. The van der Waals surface area contributed by atoms with Gasteiger partial charge in [-0.15, -0.1) is 0 Å². The number of phenols is 1. The van der Waals surface area contributed by atoms with E-state index < -0.39 is 76.6 Å². The van der Waals surface area contributed by atoms with Crippen LogP contribution in [0.2, 0.25) is 0 Å². The van der Waals surface area contributed by atoms with E-state index in [1.54, 1.807) is 33.8 Å². The summed E-state index contributed by atoms with van der Waals surface area (Å²) in [5, 5.41) is 56.6. The maximum absolute atomic E-state index is 15.0. The standard InChI is InChI=1S/C41H52N2O11/c1-11-12-28(45)41(6,51)29-16-25(44)30-18(2)13-23-32(38(30)54-29)37(49)33-31(36(23)48)21(26-15-24(42(7)8)34(46)19(3)52-26)14-22(35(33)47)27-17-40(5,43(9)10)39(50)20(4)53-27/h11-14,16,19-20,24,26-28,34,39,45-47,50-51H,15,17H2,1-10H3/b12-11+/t19-,20+,24+,26-,27-,28?,34-,39-,40+,41?/m1/s1. The van der Waals surface area contributed by atoms with Gasteiger partial charge in [0, 0.05) is 34.3 Å². The van der Waals surface area contributed by atoms with Crippen LogP contribution in [-0.2, 0) is 15.1 Å². The number of carbonyl (C=O) groups excluding carboxylic acids is 2. The predicted molar refractivity (Wildman–Crippen MR) is 200 cm³/mol. The van der Waals surface area contributed by atoms with E-state index in [0.717, 1.165) is 6.07 Å². The molecule has 1 aromatic heterocycles. The lowest BCUT2D eigenvalue weighted by Crippen LogP contribution is -2.59. The summed E-state index contributed by atoms with van der Waals surface area (Å²) in [4.78, 5) is 47.4. The quantitative estimate of drug-likeness (QED) is 0.173. The van der Waals surface area contributed by atoms with Gasteiger partial charge < -0.3 is 49.2 Å². The number of carbonyl (C=O) groups is 2. The number of hydrogen-bond donors (Lipinski definition) is 5. The zero-order chi connectivity index (χ0) is 39.9. The number of rotatable bonds is 7. The van der Waals surface area contributed by atoms with Crippen LogP contribution in [-0.4, -0.2) is 117 Å². The molecule has 5 N–H and O–H groups in total. The third-order valence-corrected chi connectivity index (χ3v) is 12.1. The maximum Gasteiger partial charge on any atom is 0.202 e. The average Bonchev–Trinajstić information content (AvgIpc) is 3.09. The van der Waals surface area contributed by atoms with Crippen molar-refractivity contribution in [2.24, 2.45) is 0 Å². The second-order valence-corrected chi connectivity index (χ2v) is 16.0. The van der Waals surface area contributed by atoms with Gasteiger partial charge in [-0.3, -0.25) is 14.4 Å². The minimum atomic E-state index is -2.10. The molecule has 2 saturated heterocycles. The van der Waals surface area contributed by atoms with E-state index in [9.17, 15) is 35.1 Å². The Balaban J connectivity index is 1.64.